The number of halogens is 2. The molecule has 0 spiro atoms. The van der Waals surface area contributed by atoms with Gasteiger partial charge in [0, 0.05) is 43.8 Å². The van der Waals surface area contributed by atoms with Crippen molar-refractivity contribution >= 4 is 29.7 Å². The molecule has 41 heavy (non-hydrogen) atoms. The topological polar surface area (TPSA) is 117 Å². The number of carbonyl (C=O) groups excluding carboxylic acids is 1. The zero-order chi connectivity index (χ0) is 29.8. The summed E-state index contributed by atoms with van der Waals surface area (Å²) in [6, 6.07) is 6.95. The number of hydrogen-bond donors (Lipinski definition) is 2. The molecule has 3 N–H and O–H groups in total. The van der Waals surface area contributed by atoms with Gasteiger partial charge in [-0.15, -0.1) is 5.16 Å². The molecule has 2 fully saturated rings. The van der Waals surface area contributed by atoms with E-state index in [-0.39, 0.29) is 11.7 Å². The SMILES string of the molecule is C=NOCCC.CN1CCC(O)C1.NCC1CCN(c2ncnc3c(-c4ccc(C=O)c(F)c4)cc(F)cc23)CC1. The molecule has 0 aliphatic carbocycles. The van der Waals surface area contributed by atoms with Gasteiger partial charge in [0.05, 0.1) is 17.2 Å². The van der Waals surface area contributed by atoms with Crippen LogP contribution in [0.2, 0.25) is 0 Å². The highest BCUT2D eigenvalue weighted by atomic mass is 19.1. The molecule has 0 bridgehead atoms. The molecule has 2 aromatic carbocycles. The minimum atomic E-state index is -0.650. The fourth-order valence-corrected chi connectivity index (χ4v) is 4.83. The number of hydrogen-bond acceptors (Lipinski definition) is 9. The molecule has 2 aliphatic heterocycles. The van der Waals surface area contributed by atoms with Crippen LogP contribution in [0, 0.1) is 17.6 Å². The van der Waals surface area contributed by atoms with Crippen LogP contribution in [0.5, 0.6) is 0 Å². The van der Waals surface area contributed by atoms with E-state index in [2.05, 4.69) is 36.5 Å². The maximum atomic E-state index is 14.5. The molecular weight excluding hydrogens is 530 g/mol. The summed E-state index contributed by atoms with van der Waals surface area (Å²) in [5.41, 5.74) is 7.20. The first-order valence-corrected chi connectivity index (χ1v) is 13.9. The maximum Gasteiger partial charge on any atom is 0.152 e. The van der Waals surface area contributed by atoms with E-state index in [9.17, 15) is 13.6 Å². The summed E-state index contributed by atoms with van der Waals surface area (Å²) in [7, 11) is 2.02. The van der Waals surface area contributed by atoms with E-state index in [1.807, 2.05) is 14.0 Å². The number of benzene rings is 2. The van der Waals surface area contributed by atoms with Crippen molar-refractivity contribution in [1.82, 2.24) is 14.9 Å². The Balaban J connectivity index is 0.000000294. The lowest BCUT2D eigenvalue weighted by molar-refractivity contribution is 0.112. The Morgan fingerprint density at radius 1 is 1.17 bits per heavy atom. The van der Waals surface area contributed by atoms with Gasteiger partial charge in [-0.25, -0.2) is 18.7 Å². The molecule has 3 aromatic rings. The number of rotatable bonds is 7. The second-order valence-corrected chi connectivity index (χ2v) is 10.2. The van der Waals surface area contributed by atoms with Crippen LogP contribution in [0.3, 0.4) is 0 Å². The largest absolute Gasteiger partial charge is 0.396 e. The quantitative estimate of drug-likeness (QED) is 0.187. The lowest BCUT2D eigenvalue weighted by Gasteiger charge is -2.32. The van der Waals surface area contributed by atoms with Gasteiger partial charge in [-0.3, -0.25) is 4.79 Å². The van der Waals surface area contributed by atoms with Crippen LogP contribution in [0.1, 0.15) is 43.0 Å². The smallest absolute Gasteiger partial charge is 0.152 e. The molecule has 0 radical (unpaired) electrons. The van der Waals surface area contributed by atoms with Crippen molar-refractivity contribution in [2.45, 2.75) is 38.7 Å². The number of β-amino-alcohol motifs (C(OH)–C–C–N with tert-alkyl or cyclic N) is 1. The Hall–Kier alpha value is -3.54. The predicted octanol–water partition coefficient (Wildman–Crippen LogP) is 4.27. The summed E-state index contributed by atoms with van der Waals surface area (Å²) in [5, 5.41) is 12.6. The van der Waals surface area contributed by atoms with Crippen molar-refractivity contribution in [1.29, 1.82) is 0 Å². The van der Waals surface area contributed by atoms with Gasteiger partial charge >= 0.3 is 0 Å². The molecule has 1 aromatic heterocycles. The molecule has 1 unspecified atom stereocenters. The molecule has 5 rings (SSSR count). The third-order valence-electron chi connectivity index (χ3n) is 7.12. The number of likely N-dealkylation sites (N-methyl/N-ethyl adjacent to an activating group) is 1. The third-order valence-corrected chi connectivity index (χ3v) is 7.12. The summed E-state index contributed by atoms with van der Waals surface area (Å²) in [5.74, 6) is 0.0699. The summed E-state index contributed by atoms with van der Waals surface area (Å²) in [4.78, 5) is 28.4. The minimum Gasteiger partial charge on any atom is -0.396 e. The van der Waals surface area contributed by atoms with Crippen molar-refractivity contribution < 1.29 is 23.5 Å². The lowest BCUT2D eigenvalue weighted by atomic mass is 9.96. The number of oxime groups is 1. The fourth-order valence-electron chi connectivity index (χ4n) is 4.83. The molecule has 0 amide bonds. The van der Waals surface area contributed by atoms with Crippen LogP contribution < -0.4 is 10.6 Å². The van der Waals surface area contributed by atoms with Crippen molar-refractivity contribution in [3.63, 3.8) is 0 Å². The molecular formula is C30H40F2N6O3. The van der Waals surface area contributed by atoms with Gasteiger partial charge in [-0.2, -0.15) is 0 Å². The fraction of sp³-hybridized carbons (Fsp3) is 0.467. The van der Waals surface area contributed by atoms with E-state index in [0.717, 1.165) is 51.9 Å². The second-order valence-electron chi connectivity index (χ2n) is 10.2. The highest BCUT2D eigenvalue weighted by Gasteiger charge is 2.22. The number of aldehydes is 1. The van der Waals surface area contributed by atoms with Gasteiger partial charge in [0.2, 0.25) is 0 Å². The van der Waals surface area contributed by atoms with E-state index in [1.54, 1.807) is 6.07 Å². The average Bonchev–Trinajstić information content (AvgIpc) is 3.38. The summed E-state index contributed by atoms with van der Waals surface area (Å²) >= 11 is 0. The van der Waals surface area contributed by atoms with Gasteiger partial charge in [-0.1, -0.05) is 13.0 Å². The van der Waals surface area contributed by atoms with Crippen molar-refractivity contribution in [2.24, 2.45) is 16.8 Å². The number of likely N-dealkylation sites (tertiary alicyclic amines) is 1. The molecule has 2 aliphatic rings. The van der Waals surface area contributed by atoms with E-state index in [1.165, 1.54) is 30.6 Å². The Labute approximate surface area is 240 Å². The summed E-state index contributed by atoms with van der Waals surface area (Å²) in [6.45, 7) is 10.0. The van der Waals surface area contributed by atoms with Crippen molar-refractivity contribution in [3.05, 3.63) is 53.9 Å². The minimum absolute atomic E-state index is 0.0393. The molecule has 9 nitrogen and oxygen atoms in total. The van der Waals surface area contributed by atoms with Crippen LogP contribution >= 0.6 is 0 Å². The number of aliphatic hydroxyl groups is 1. The van der Waals surface area contributed by atoms with E-state index in [4.69, 9.17) is 10.8 Å². The van der Waals surface area contributed by atoms with Crippen molar-refractivity contribution in [2.75, 3.05) is 51.3 Å². The Morgan fingerprint density at radius 2 is 1.93 bits per heavy atom. The Morgan fingerprint density at radius 3 is 2.44 bits per heavy atom. The van der Waals surface area contributed by atoms with E-state index < -0.39 is 11.6 Å². The summed E-state index contributed by atoms with van der Waals surface area (Å²) < 4.78 is 28.6. The number of nitrogens with two attached hydrogens (primary N) is 1. The highest BCUT2D eigenvalue weighted by molar-refractivity contribution is 5.99. The van der Waals surface area contributed by atoms with Crippen LogP contribution in [0.15, 0.2) is 41.8 Å². The lowest BCUT2D eigenvalue weighted by Crippen LogP contribution is -2.36. The van der Waals surface area contributed by atoms with Crippen LogP contribution in [0.4, 0.5) is 14.6 Å². The third kappa shape index (κ3) is 8.97. The predicted molar refractivity (Wildman–Crippen MR) is 158 cm³/mol. The number of anilines is 1. The first-order valence-electron chi connectivity index (χ1n) is 13.9. The molecule has 222 valence electrons. The molecule has 3 heterocycles. The molecule has 1 atom stereocenters. The van der Waals surface area contributed by atoms with Crippen LogP contribution in [0.25, 0.3) is 22.0 Å². The number of aromatic nitrogens is 2. The van der Waals surface area contributed by atoms with Crippen molar-refractivity contribution in [3.8, 4) is 11.1 Å². The standard InChI is InChI=1S/C21H20F2N4O.C5H11NO.C4H9NO/c22-16-8-17(14-1-2-15(11-28)19(23)7-14)20-18(9-16)21(26-12-25-20)27-5-3-13(10-24)4-6-27;1-6-3-2-5(7)4-6;1-3-4-6-5-2/h1-2,7-9,11-13H,3-6,10,24H2;5,7H,2-4H2,1H3;2-4H2,1H3. The summed E-state index contributed by atoms with van der Waals surface area (Å²) in [6.07, 6.45) is 5.73. The monoisotopic (exact) mass is 570 g/mol. The maximum absolute atomic E-state index is 14.5. The van der Waals surface area contributed by atoms with Gasteiger partial charge in [-0.05, 0) is 75.0 Å². The number of aliphatic hydroxyl groups excluding tert-OH is 1. The Kier molecular flexibility index (Phi) is 12.5. The number of piperidine rings is 1. The van der Waals surface area contributed by atoms with E-state index >= 15 is 0 Å². The average molecular weight is 571 g/mol. The number of fused-ring (bicyclic) bond motifs is 1. The van der Waals surface area contributed by atoms with Gasteiger partial charge in [0.25, 0.3) is 0 Å². The first kappa shape index (κ1) is 32.0. The Bertz CT molecular complexity index is 1280. The first-order chi connectivity index (χ1) is 19.8. The van der Waals surface area contributed by atoms with Crippen LogP contribution in [-0.2, 0) is 4.84 Å². The van der Waals surface area contributed by atoms with Gasteiger partial charge < -0.3 is 25.5 Å². The van der Waals surface area contributed by atoms with Crippen LogP contribution in [-0.4, -0.2) is 85.5 Å². The zero-order valence-corrected chi connectivity index (χ0v) is 23.8. The molecule has 11 heteroatoms. The van der Waals surface area contributed by atoms with E-state index in [0.29, 0.717) is 53.2 Å². The second kappa shape index (κ2) is 16.0. The van der Waals surface area contributed by atoms with Gasteiger partial charge in [0.1, 0.15) is 30.4 Å². The van der Waals surface area contributed by atoms with Gasteiger partial charge in [0.15, 0.2) is 6.29 Å². The molecule has 0 saturated carbocycles. The molecule has 2 saturated heterocycles. The number of nitrogens with zero attached hydrogens (tertiary/aromatic N) is 5. The zero-order valence-electron chi connectivity index (χ0n) is 23.8. The highest BCUT2D eigenvalue weighted by Crippen LogP contribution is 2.34. The normalized spacial score (nSPS) is 17.3. The number of carbonyl (C=O) groups is 1.